The van der Waals surface area contributed by atoms with Crippen molar-refractivity contribution in [3.63, 3.8) is 0 Å². The van der Waals surface area contributed by atoms with E-state index in [1.54, 1.807) is 6.92 Å². The number of rotatable bonds is 6. The molecule has 0 bridgehead atoms. The summed E-state index contributed by atoms with van der Waals surface area (Å²) in [7, 11) is 0. The lowest BCUT2D eigenvalue weighted by atomic mass is 10.4. The average molecular weight is 317 g/mol. The highest BCUT2D eigenvalue weighted by Gasteiger charge is 2.36. The van der Waals surface area contributed by atoms with Crippen LogP contribution in [0.4, 0.5) is 32.2 Å². The fourth-order valence-electron chi connectivity index (χ4n) is 1.24. The maximum atomic E-state index is 12.6. The van der Waals surface area contributed by atoms with Crippen molar-refractivity contribution in [1.82, 2.24) is 9.97 Å². The molecule has 4 nitrogen and oxygen atoms in total. The summed E-state index contributed by atoms with van der Waals surface area (Å²) in [6.07, 6.45) is -9.92. The Bertz CT molecular complexity index is 460. The maximum Gasteiger partial charge on any atom is 0.451 e. The Labute approximate surface area is 116 Å². The van der Waals surface area contributed by atoms with Crippen LogP contribution in [0, 0.1) is 0 Å². The number of hydrogen-bond donors (Lipinski definition) is 1. The molecular formula is C11H13F6N3O. The van der Waals surface area contributed by atoms with Crippen LogP contribution in [0.2, 0.25) is 0 Å². The largest absolute Gasteiger partial charge is 0.477 e. The number of hydrogen-bond acceptors (Lipinski definition) is 4. The normalized spacial score (nSPS) is 12.3. The molecule has 0 saturated carbocycles. The van der Waals surface area contributed by atoms with Crippen LogP contribution in [0.15, 0.2) is 6.07 Å². The molecule has 1 rings (SSSR count). The molecule has 0 aromatic carbocycles. The molecule has 0 fully saturated rings. The number of ether oxygens (including phenoxy) is 1. The van der Waals surface area contributed by atoms with E-state index in [4.69, 9.17) is 0 Å². The quantitative estimate of drug-likeness (QED) is 0.814. The standard InChI is InChI=1S/C11H13F6N3O/c1-2-4-18-7-6-8(21-5-3-10(12,13)14)20-9(19-7)11(15,16)17/h6H,2-5H2,1H3,(H,18,19,20). The first-order valence-corrected chi connectivity index (χ1v) is 6.01. The molecule has 0 aliphatic carbocycles. The van der Waals surface area contributed by atoms with Gasteiger partial charge in [-0.25, -0.2) is 4.98 Å². The van der Waals surface area contributed by atoms with Gasteiger partial charge in [0.1, 0.15) is 5.82 Å². The van der Waals surface area contributed by atoms with Gasteiger partial charge < -0.3 is 10.1 Å². The number of alkyl halides is 6. The van der Waals surface area contributed by atoms with E-state index < -0.39 is 37.1 Å². The molecule has 0 aliphatic rings. The molecule has 0 radical (unpaired) electrons. The van der Waals surface area contributed by atoms with Crippen LogP contribution < -0.4 is 10.1 Å². The molecule has 0 spiro atoms. The average Bonchev–Trinajstić information content (AvgIpc) is 2.33. The minimum atomic E-state index is -4.81. The molecule has 1 N–H and O–H groups in total. The van der Waals surface area contributed by atoms with Gasteiger partial charge in [0.15, 0.2) is 0 Å². The Morgan fingerprint density at radius 1 is 1.14 bits per heavy atom. The number of aromatic nitrogens is 2. The van der Waals surface area contributed by atoms with Gasteiger partial charge in [-0.15, -0.1) is 0 Å². The van der Waals surface area contributed by atoms with E-state index >= 15 is 0 Å². The second-order valence-electron chi connectivity index (χ2n) is 4.05. The Morgan fingerprint density at radius 3 is 2.33 bits per heavy atom. The van der Waals surface area contributed by atoms with Crippen molar-refractivity contribution in [2.45, 2.75) is 32.1 Å². The lowest BCUT2D eigenvalue weighted by Gasteiger charge is -2.12. The molecule has 1 heterocycles. The molecule has 120 valence electrons. The molecule has 0 aliphatic heterocycles. The summed E-state index contributed by atoms with van der Waals surface area (Å²) >= 11 is 0. The van der Waals surface area contributed by atoms with E-state index in [0.717, 1.165) is 6.07 Å². The van der Waals surface area contributed by atoms with E-state index in [1.165, 1.54) is 0 Å². The van der Waals surface area contributed by atoms with E-state index in [0.29, 0.717) is 13.0 Å². The van der Waals surface area contributed by atoms with Crippen molar-refractivity contribution in [3.05, 3.63) is 11.9 Å². The summed E-state index contributed by atoms with van der Waals surface area (Å²) in [6.45, 7) is 1.33. The summed E-state index contributed by atoms with van der Waals surface area (Å²) in [4.78, 5) is 6.32. The van der Waals surface area contributed by atoms with Gasteiger partial charge in [-0.1, -0.05) is 6.92 Å². The highest BCUT2D eigenvalue weighted by molar-refractivity contribution is 5.38. The van der Waals surface area contributed by atoms with Gasteiger partial charge >= 0.3 is 12.4 Å². The van der Waals surface area contributed by atoms with Crippen LogP contribution in [0.5, 0.6) is 5.88 Å². The molecule has 0 unspecified atom stereocenters. The van der Waals surface area contributed by atoms with Gasteiger partial charge in [-0.3, -0.25) is 0 Å². The van der Waals surface area contributed by atoms with Crippen LogP contribution in [0.3, 0.4) is 0 Å². The van der Waals surface area contributed by atoms with Gasteiger partial charge in [0.2, 0.25) is 11.7 Å². The summed E-state index contributed by atoms with van der Waals surface area (Å²) in [5, 5.41) is 2.60. The molecule has 1 aromatic heterocycles. The first-order valence-electron chi connectivity index (χ1n) is 6.01. The lowest BCUT2D eigenvalue weighted by molar-refractivity contribution is -0.146. The Morgan fingerprint density at radius 2 is 1.81 bits per heavy atom. The number of halogens is 6. The van der Waals surface area contributed by atoms with E-state index in [9.17, 15) is 26.3 Å². The van der Waals surface area contributed by atoms with Crippen molar-refractivity contribution in [2.75, 3.05) is 18.5 Å². The van der Waals surface area contributed by atoms with Crippen LogP contribution in [0.25, 0.3) is 0 Å². The van der Waals surface area contributed by atoms with Crippen molar-refractivity contribution in [3.8, 4) is 5.88 Å². The van der Waals surface area contributed by atoms with Crippen LogP contribution in [-0.2, 0) is 6.18 Å². The zero-order valence-corrected chi connectivity index (χ0v) is 11.0. The molecule has 0 amide bonds. The fourth-order valence-corrected chi connectivity index (χ4v) is 1.24. The summed E-state index contributed by atoms with van der Waals surface area (Å²) in [6, 6.07) is 1.03. The predicted molar refractivity (Wildman–Crippen MR) is 62.0 cm³/mol. The summed E-state index contributed by atoms with van der Waals surface area (Å²) in [5.41, 5.74) is 0. The fraction of sp³-hybridized carbons (Fsp3) is 0.636. The first kappa shape index (κ1) is 17.3. The third-order valence-electron chi connectivity index (χ3n) is 2.15. The smallest absolute Gasteiger partial charge is 0.451 e. The number of anilines is 1. The Kier molecular flexibility index (Phi) is 5.62. The SMILES string of the molecule is CCCNc1cc(OCCC(F)(F)F)nc(C(F)(F)F)n1. The second-order valence-corrected chi connectivity index (χ2v) is 4.05. The van der Waals surface area contributed by atoms with Crippen molar-refractivity contribution >= 4 is 5.82 Å². The zero-order valence-electron chi connectivity index (χ0n) is 11.0. The van der Waals surface area contributed by atoms with E-state index in [-0.39, 0.29) is 5.82 Å². The topological polar surface area (TPSA) is 47.0 Å². The van der Waals surface area contributed by atoms with Crippen LogP contribution in [-0.4, -0.2) is 29.3 Å². The van der Waals surface area contributed by atoms with Gasteiger partial charge in [-0.2, -0.15) is 31.3 Å². The lowest BCUT2D eigenvalue weighted by Crippen LogP contribution is -2.16. The van der Waals surface area contributed by atoms with Crippen LogP contribution in [0.1, 0.15) is 25.6 Å². The Balaban J connectivity index is 2.86. The minimum Gasteiger partial charge on any atom is -0.477 e. The maximum absolute atomic E-state index is 12.6. The third kappa shape index (κ3) is 6.50. The number of nitrogens with one attached hydrogen (secondary N) is 1. The van der Waals surface area contributed by atoms with Crippen molar-refractivity contribution < 1.29 is 31.1 Å². The predicted octanol–water partition coefficient (Wildman–Crippen LogP) is 3.65. The molecule has 0 atom stereocenters. The zero-order chi connectivity index (χ0) is 16.1. The molecule has 10 heteroatoms. The van der Waals surface area contributed by atoms with E-state index in [1.807, 2.05) is 0 Å². The highest BCUT2D eigenvalue weighted by atomic mass is 19.4. The van der Waals surface area contributed by atoms with E-state index in [2.05, 4.69) is 20.0 Å². The second kappa shape index (κ2) is 6.81. The van der Waals surface area contributed by atoms with Crippen molar-refractivity contribution in [1.29, 1.82) is 0 Å². The third-order valence-corrected chi connectivity index (χ3v) is 2.15. The molecular weight excluding hydrogens is 304 g/mol. The molecule has 0 saturated heterocycles. The molecule has 21 heavy (non-hydrogen) atoms. The minimum absolute atomic E-state index is 0.152. The Hall–Kier alpha value is -1.74. The van der Waals surface area contributed by atoms with Crippen molar-refractivity contribution in [2.24, 2.45) is 0 Å². The van der Waals surface area contributed by atoms with Gasteiger partial charge in [0, 0.05) is 12.6 Å². The summed E-state index contributed by atoms with van der Waals surface area (Å²) < 4.78 is 78.3. The highest BCUT2D eigenvalue weighted by Crippen LogP contribution is 2.29. The van der Waals surface area contributed by atoms with Gasteiger partial charge in [-0.05, 0) is 6.42 Å². The molecule has 1 aromatic rings. The summed E-state index contributed by atoms with van der Waals surface area (Å²) in [5.74, 6) is -2.17. The van der Waals surface area contributed by atoms with Gasteiger partial charge in [0.25, 0.3) is 0 Å². The van der Waals surface area contributed by atoms with Gasteiger partial charge in [0.05, 0.1) is 13.0 Å². The number of nitrogens with zero attached hydrogens (tertiary/aromatic N) is 2. The first-order chi connectivity index (χ1) is 9.62. The monoisotopic (exact) mass is 317 g/mol. The van der Waals surface area contributed by atoms with Crippen LogP contribution >= 0.6 is 0 Å².